The molecule has 0 spiro atoms. The van der Waals surface area contributed by atoms with Gasteiger partial charge < -0.3 is 9.26 Å². The van der Waals surface area contributed by atoms with Gasteiger partial charge in [-0.15, -0.1) is 0 Å². The van der Waals surface area contributed by atoms with Crippen LogP contribution in [0, 0.1) is 0 Å². The molecule has 0 unspecified atom stereocenters. The number of hydrogen-bond donors (Lipinski definition) is 0. The van der Waals surface area contributed by atoms with Gasteiger partial charge in [0, 0.05) is 5.56 Å². The third-order valence-electron chi connectivity index (χ3n) is 1.86. The van der Waals surface area contributed by atoms with E-state index in [1.54, 1.807) is 12.1 Å². The first-order chi connectivity index (χ1) is 7.79. The number of nitrogens with zero attached hydrogens (tertiary/aromatic N) is 2. The third kappa shape index (κ3) is 2.38. The van der Waals surface area contributed by atoms with E-state index in [9.17, 15) is 4.79 Å². The van der Waals surface area contributed by atoms with Gasteiger partial charge in [-0.1, -0.05) is 16.8 Å². The summed E-state index contributed by atoms with van der Waals surface area (Å²) >= 11 is 5.90. The highest BCUT2D eigenvalue weighted by Gasteiger charge is 2.05. The van der Waals surface area contributed by atoms with Crippen molar-refractivity contribution in [2.75, 3.05) is 0 Å². The van der Waals surface area contributed by atoms with Crippen LogP contribution in [0.2, 0.25) is 5.02 Å². The Morgan fingerprint density at radius 1 is 1.50 bits per heavy atom. The lowest BCUT2D eigenvalue weighted by Gasteiger charge is -2.05. The third-order valence-corrected chi connectivity index (χ3v) is 2.15. The maximum absolute atomic E-state index is 10.5. The van der Waals surface area contributed by atoms with Gasteiger partial charge in [0.2, 0.25) is 12.2 Å². The number of halogens is 1. The van der Waals surface area contributed by atoms with Crippen molar-refractivity contribution >= 4 is 17.9 Å². The molecular formula is C10H7ClN2O3. The molecule has 0 atom stereocenters. The Balaban J connectivity index is 2.07. The largest absolute Gasteiger partial charge is 0.484 e. The van der Waals surface area contributed by atoms with E-state index in [4.69, 9.17) is 16.3 Å². The monoisotopic (exact) mass is 238 g/mol. The predicted octanol–water partition coefficient (Wildman–Crippen LogP) is 2.11. The Labute approximate surface area is 96.0 Å². The van der Waals surface area contributed by atoms with E-state index in [2.05, 4.69) is 14.7 Å². The highest BCUT2D eigenvalue weighted by atomic mass is 35.5. The summed E-state index contributed by atoms with van der Waals surface area (Å²) in [5, 5.41) is 3.95. The predicted molar refractivity (Wildman–Crippen MR) is 55.5 cm³/mol. The smallest absolute Gasteiger partial charge is 0.213 e. The van der Waals surface area contributed by atoms with E-state index in [1.807, 2.05) is 0 Å². The van der Waals surface area contributed by atoms with Crippen LogP contribution >= 0.6 is 11.6 Å². The van der Waals surface area contributed by atoms with Gasteiger partial charge in [0.15, 0.2) is 6.61 Å². The molecule has 0 bridgehead atoms. The molecule has 82 valence electrons. The van der Waals surface area contributed by atoms with Crippen molar-refractivity contribution in [1.82, 2.24) is 10.1 Å². The molecule has 2 rings (SSSR count). The molecule has 16 heavy (non-hydrogen) atoms. The minimum absolute atomic E-state index is 0.163. The molecule has 1 heterocycles. The molecule has 0 radical (unpaired) electrons. The number of carbonyl (C=O) groups is 1. The zero-order valence-corrected chi connectivity index (χ0v) is 8.85. The standard InChI is InChI=1S/C10H7ClN2O3/c11-8-3-7(4-14)1-2-9(8)15-5-10-12-6-16-13-10/h1-4,6H,5H2. The Morgan fingerprint density at radius 3 is 3.00 bits per heavy atom. The van der Waals surface area contributed by atoms with Gasteiger partial charge in [-0.3, -0.25) is 4.79 Å². The topological polar surface area (TPSA) is 65.2 Å². The van der Waals surface area contributed by atoms with E-state index < -0.39 is 0 Å². The first kappa shape index (κ1) is 10.6. The molecule has 0 amide bonds. The Morgan fingerprint density at radius 2 is 2.38 bits per heavy atom. The van der Waals surface area contributed by atoms with Gasteiger partial charge in [0.25, 0.3) is 0 Å². The van der Waals surface area contributed by atoms with Gasteiger partial charge in [0.1, 0.15) is 12.0 Å². The van der Waals surface area contributed by atoms with Crippen LogP contribution in [0.4, 0.5) is 0 Å². The summed E-state index contributed by atoms with van der Waals surface area (Å²) in [5.41, 5.74) is 0.497. The zero-order chi connectivity index (χ0) is 11.4. The number of ether oxygens (including phenoxy) is 1. The molecule has 0 N–H and O–H groups in total. The van der Waals surface area contributed by atoms with Crippen LogP contribution in [0.25, 0.3) is 0 Å². The van der Waals surface area contributed by atoms with Crippen LogP contribution < -0.4 is 4.74 Å². The minimum Gasteiger partial charge on any atom is -0.484 e. The molecule has 0 aliphatic carbocycles. The highest BCUT2D eigenvalue weighted by molar-refractivity contribution is 6.32. The summed E-state index contributed by atoms with van der Waals surface area (Å²) in [6.45, 7) is 0.163. The second-order valence-electron chi connectivity index (χ2n) is 2.94. The molecule has 1 aromatic carbocycles. The number of aldehydes is 1. The summed E-state index contributed by atoms with van der Waals surface area (Å²) in [6, 6.07) is 4.76. The van der Waals surface area contributed by atoms with Crippen LogP contribution in [0.15, 0.2) is 29.1 Å². The highest BCUT2D eigenvalue weighted by Crippen LogP contribution is 2.25. The van der Waals surface area contributed by atoms with E-state index in [1.165, 1.54) is 12.5 Å². The maximum atomic E-state index is 10.5. The van der Waals surface area contributed by atoms with Crippen LogP contribution in [0.3, 0.4) is 0 Å². The Kier molecular flexibility index (Phi) is 3.16. The second kappa shape index (κ2) is 4.76. The lowest BCUT2D eigenvalue weighted by molar-refractivity contribution is 0.112. The number of benzene rings is 1. The molecule has 1 aromatic heterocycles. The second-order valence-corrected chi connectivity index (χ2v) is 3.35. The summed E-state index contributed by atoms with van der Waals surface area (Å²) < 4.78 is 9.90. The average molecular weight is 239 g/mol. The molecule has 0 aliphatic heterocycles. The fourth-order valence-electron chi connectivity index (χ4n) is 1.11. The molecular weight excluding hydrogens is 232 g/mol. The fraction of sp³-hybridized carbons (Fsp3) is 0.100. The molecule has 0 saturated carbocycles. The first-order valence-corrected chi connectivity index (χ1v) is 4.80. The van der Waals surface area contributed by atoms with Crippen molar-refractivity contribution in [3.63, 3.8) is 0 Å². The van der Waals surface area contributed by atoms with Crippen molar-refractivity contribution in [3.8, 4) is 5.75 Å². The van der Waals surface area contributed by atoms with Gasteiger partial charge in [-0.05, 0) is 18.2 Å². The maximum Gasteiger partial charge on any atom is 0.213 e. The van der Waals surface area contributed by atoms with E-state index in [-0.39, 0.29) is 6.61 Å². The molecule has 6 heteroatoms. The quantitative estimate of drug-likeness (QED) is 0.764. The average Bonchev–Trinajstić information content (AvgIpc) is 2.80. The van der Waals surface area contributed by atoms with E-state index >= 15 is 0 Å². The van der Waals surface area contributed by atoms with Crippen LogP contribution in [-0.4, -0.2) is 16.4 Å². The molecule has 0 aliphatic rings. The number of carbonyl (C=O) groups excluding carboxylic acids is 1. The van der Waals surface area contributed by atoms with Gasteiger partial charge in [-0.25, -0.2) is 0 Å². The van der Waals surface area contributed by atoms with Crippen molar-refractivity contribution in [1.29, 1.82) is 0 Å². The van der Waals surface area contributed by atoms with Crippen LogP contribution in [0.5, 0.6) is 5.75 Å². The lowest BCUT2D eigenvalue weighted by Crippen LogP contribution is -1.98. The number of hydrogen-bond acceptors (Lipinski definition) is 5. The van der Waals surface area contributed by atoms with Crippen molar-refractivity contribution in [2.24, 2.45) is 0 Å². The van der Waals surface area contributed by atoms with Crippen molar-refractivity contribution < 1.29 is 14.1 Å². The van der Waals surface area contributed by atoms with Crippen LogP contribution in [-0.2, 0) is 6.61 Å². The Bertz CT molecular complexity index is 485. The molecule has 2 aromatic rings. The van der Waals surface area contributed by atoms with Gasteiger partial charge >= 0.3 is 0 Å². The van der Waals surface area contributed by atoms with Gasteiger partial charge in [0.05, 0.1) is 5.02 Å². The van der Waals surface area contributed by atoms with E-state index in [0.717, 1.165) is 6.29 Å². The minimum atomic E-state index is 0.163. The first-order valence-electron chi connectivity index (χ1n) is 4.42. The van der Waals surface area contributed by atoms with Crippen molar-refractivity contribution in [2.45, 2.75) is 6.61 Å². The summed E-state index contributed by atoms with van der Waals surface area (Å²) in [6.07, 6.45) is 1.94. The summed E-state index contributed by atoms with van der Waals surface area (Å²) in [5.74, 6) is 0.896. The van der Waals surface area contributed by atoms with Gasteiger partial charge in [-0.2, -0.15) is 4.98 Å². The zero-order valence-electron chi connectivity index (χ0n) is 8.09. The fourth-order valence-corrected chi connectivity index (χ4v) is 1.35. The lowest BCUT2D eigenvalue weighted by atomic mass is 10.2. The molecule has 5 nitrogen and oxygen atoms in total. The Hall–Kier alpha value is -1.88. The summed E-state index contributed by atoms with van der Waals surface area (Å²) in [4.78, 5) is 14.3. The molecule has 0 saturated heterocycles. The van der Waals surface area contributed by atoms with Crippen LogP contribution in [0.1, 0.15) is 16.2 Å². The SMILES string of the molecule is O=Cc1ccc(OCc2ncon2)c(Cl)c1. The number of rotatable bonds is 4. The molecule has 0 fully saturated rings. The normalized spacial score (nSPS) is 10.1. The summed E-state index contributed by atoms with van der Waals surface area (Å²) in [7, 11) is 0. The number of aromatic nitrogens is 2. The van der Waals surface area contributed by atoms with Crippen molar-refractivity contribution in [3.05, 3.63) is 41.0 Å². The van der Waals surface area contributed by atoms with E-state index in [0.29, 0.717) is 22.2 Å².